The molecule has 0 bridgehead atoms. The van der Waals surface area contributed by atoms with E-state index in [9.17, 15) is 5.11 Å². The van der Waals surface area contributed by atoms with Crippen molar-refractivity contribution in [1.82, 2.24) is 0 Å². The second-order valence-electron chi connectivity index (χ2n) is 4.08. The fourth-order valence-electron chi connectivity index (χ4n) is 1.60. The second-order valence-corrected chi connectivity index (χ2v) is 4.08. The number of benzene rings is 2. The zero-order valence-electron chi connectivity index (χ0n) is 10.4. The van der Waals surface area contributed by atoms with E-state index in [0.29, 0.717) is 11.5 Å². The summed E-state index contributed by atoms with van der Waals surface area (Å²) in [6, 6.07) is 12.7. The van der Waals surface area contributed by atoms with Gasteiger partial charge in [-0.05, 0) is 44.0 Å². The van der Waals surface area contributed by atoms with E-state index in [0.717, 1.165) is 11.1 Å². The monoisotopic (exact) mass is 230 g/mol. The average Bonchev–Trinajstić information content (AvgIpc) is 2.27. The molecule has 0 spiro atoms. The molecule has 0 radical (unpaired) electrons. The predicted octanol–water partition coefficient (Wildman–Crippen LogP) is 3.71. The third-order valence-corrected chi connectivity index (χ3v) is 2.39. The van der Waals surface area contributed by atoms with Gasteiger partial charge in [0.05, 0.1) is 0 Å². The summed E-state index contributed by atoms with van der Waals surface area (Å²) in [5.41, 5.74) is 3.11. The van der Waals surface area contributed by atoms with E-state index in [1.54, 1.807) is 24.3 Å². The van der Waals surface area contributed by atoms with Crippen molar-refractivity contribution in [2.75, 3.05) is 0 Å². The Labute approximate surface area is 102 Å². The van der Waals surface area contributed by atoms with E-state index in [2.05, 4.69) is 0 Å². The van der Waals surface area contributed by atoms with Gasteiger partial charge in [0, 0.05) is 0 Å². The number of aromatic hydroxyl groups is 2. The van der Waals surface area contributed by atoms with Crippen molar-refractivity contribution in [3.63, 3.8) is 0 Å². The molecule has 90 valence electrons. The first kappa shape index (κ1) is 13.1. The van der Waals surface area contributed by atoms with Crippen LogP contribution >= 0.6 is 0 Å². The third-order valence-electron chi connectivity index (χ3n) is 2.39. The largest absolute Gasteiger partial charge is 0.508 e. The molecule has 0 atom stereocenters. The lowest BCUT2D eigenvalue weighted by molar-refractivity contribution is 0.466. The minimum atomic E-state index is 0.322. The first-order valence-electron chi connectivity index (χ1n) is 5.51. The highest BCUT2D eigenvalue weighted by atomic mass is 16.3. The van der Waals surface area contributed by atoms with Crippen molar-refractivity contribution in [2.45, 2.75) is 20.8 Å². The quantitative estimate of drug-likeness (QED) is 0.724. The van der Waals surface area contributed by atoms with Crippen LogP contribution < -0.4 is 0 Å². The number of rotatable bonds is 0. The molecule has 2 aromatic rings. The van der Waals surface area contributed by atoms with Gasteiger partial charge in [-0.25, -0.2) is 0 Å². The first-order valence-corrected chi connectivity index (χ1v) is 5.51. The van der Waals surface area contributed by atoms with Crippen molar-refractivity contribution < 1.29 is 10.2 Å². The van der Waals surface area contributed by atoms with Crippen LogP contribution in [0.25, 0.3) is 0 Å². The fraction of sp³-hybridized carbons (Fsp3) is 0.200. The summed E-state index contributed by atoms with van der Waals surface area (Å²) in [5.74, 6) is 0.744. The van der Waals surface area contributed by atoms with Crippen LogP contribution in [0.3, 0.4) is 0 Å². The molecule has 0 aliphatic heterocycles. The molecule has 0 aromatic heterocycles. The predicted molar refractivity (Wildman–Crippen MR) is 70.4 cm³/mol. The molecule has 2 aromatic carbocycles. The topological polar surface area (TPSA) is 40.5 Å². The second kappa shape index (κ2) is 5.94. The Hall–Kier alpha value is -1.96. The van der Waals surface area contributed by atoms with Crippen LogP contribution in [0.2, 0.25) is 0 Å². The van der Waals surface area contributed by atoms with Crippen LogP contribution in [0.15, 0.2) is 42.5 Å². The van der Waals surface area contributed by atoms with Gasteiger partial charge in [0.2, 0.25) is 0 Å². The Morgan fingerprint density at radius 3 is 1.59 bits per heavy atom. The van der Waals surface area contributed by atoms with Crippen molar-refractivity contribution in [3.05, 3.63) is 59.2 Å². The number of para-hydroxylation sites is 1. The zero-order chi connectivity index (χ0) is 12.8. The highest BCUT2D eigenvalue weighted by molar-refractivity contribution is 5.41. The van der Waals surface area contributed by atoms with E-state index < -0.39 is 0 Å². The van der Waals surface area contributed by atoms with Gasteiger partial charge in [-0.3, -0.25) is 0 Å². The number of aryl methyl sites for hydroxylation is 3. The lowest BCUT2D eigenvalue weighted by Crippen LogP contribution is -1.81. The number of phenols is 2. The summed E-state index contributed by atoms with van der Waals surface area (Å²) in [6.07, 6.45) is 0. The van der Waals surface area contributed by atoms with E-state index >= 15 is 0 Å². The molecule has 0 unspecified atom stereocenters. The van der Waals surface area contributed by atoms with E-state index in [4.69, 9.17) is 5.11 Å². The average molecular weight is 230 g/mol. The normalized spacial score (nSPS) is 9.35. The Kier molecular flexibility index (Phi) is 4.58. The molecule has 0 fully saturated rings. The van der Waals surface area contributed by atoms with Crippen LogP contribution in [-0.4, -0.2) is 10.2 Å². The maximum Gasteiger partial charge on any atom is 0.121 e. The molecule has 0 saturated heterocycles. The Morgan fingerprint density at radius 1 is 0.765 bits per heavy atom. The number of phenolic OH excluding ortho intramolecular Hbond substituents is 2. The molecule has 17 heavy (non-hydrogen) atoms. The minimum Gasteiger partial charge on any atom is -0.508 e. The van der Waals surface area contributed by atoms with Crippen LogP contribution in [0.1, 0.15) is 16.7 Å². The third kappa shape index (κ3) is 4.19. The number of hydrogen-bond acceptors (Lipinski definition) is 2. The van der Waals surface area contributed by atoms with Crippen LogP contribution in [0.4, 0.5) is 0 Å². The minimum absolute atomic E-state index is 0.322. The summed E-state index contributed by atoms with van der Waals surface area (Å²) in [7, 11) is 0. The Morgan fingerprint density at radius 2 is 1.24 bits per heavy atom. The van der Waals surface area contributed by atoms with Gasteiger partial charge >= 0.3 is 0 Å². The zero-order valence-corrected chi connectivity index (χ0v) is 10.4. The molecule has 2 nitrogen and oxygen atoms in total. The van der Waals surface area contributed by atoms with Crippen LogP contribution in [0.5, 0.6) is 11.5 Å². The molecule has 0 amide bonds. The SMILES string of the molecule is Cc1cc(C)c(O)c(C)c1.Oc1ccccc1. The number of hydrogen-bond donors (Lipinski definition) is 2. The standard InChI is InChI=1S/C9H12O.C6H6O/c1-6-4-7(2)9(10)8(3)5-6;7-6-4-2-1-3-5-6/h4-5,10H,1-3H3;1-5,7H. The fourth-order valence-corrected chi connectivity index (χ4v) is 1.60. The molecule has 2 N–H and O–H groups in total. The molecule has 2 rings (SSSR count). The summed E-state index contributed by atoms with van der Waals surface area (Å²) in [6.45, 7) is 5.85. The highest BCUT2D eigenvalue weighted by Crippen LogP contribution is 2.21. The summed E-state index contributed by atoms with van der Waals surface area (Å²) >= 11 is 0. The maximum atomic E-state index is 9.33. The van der Waals surface area contributed by atoms with Gasteiger partial charge in [-0.2, -0.15) is 0 Å². The van der Waals surface area contributed by atoms with Crippen LogP contribution in [0, 0.1) is 20.8 Å². The first-order chi connectivity index (χ1) is 8.00. The molecule has 0 saturated carbocycles. The summed E-state index contributed by atoms with van der Waals surface area (Å²) in [4.78, 5) is 0. The lowest BCUT2D eigenvalue weighted by Gasteiger charge is -2.03. The highest BCUT2D eigenvalue weighted by Gasteiger charge is 1.98. The van der Waals surface area contributed by atoms with Crippen molar-refractivity contribution in [1.29, 1.82) is 0 Å². The molecule has 0 heterocycles. The van der Waals surface area contributed by atoms with Gasteiger partial charge in [-0.15, -0.1) is 0 Å². The van der Waals surface area contributed by atoms with E-state index in [-0.39, 0.29) is 0 Å². The molecule has 2 heteroatoms. The van der Waals surface area contributed by atoms with E-state index in [1.807, 2.05) is 39.0 Å². The maximum absolute atomic E-state index is 9.33. The van der Waals surface area contributed by atoms with Gasteiger partial charge in [0.25, 0.3) is 0 Å². The van der Waals surface area contributed by atoms with Crippen LogP contribution in [-0.2, 0) is 0 Å². The van der Waals surface area contributed by atoms with Crippen molar-refractivity contribution in [3.8, 4) is 11.5 Å². The smallest absolute Gasteiger partial charge is 0.121 e. The molecular formula is C15H18O2. The summed E-state index contributed by atoms with van der Waals surface area (Å²) in [5, 5.41) is 18.0. The molecule has 0 aliphatic carbocycles. The van der Waals surface area contributed by atoms with Gasteiger partial charge < -0.3 is 10.2 Å². The van der Waals surface area contributed by atoms with E-state index in [1.165, 1.54) is 5.56 Å². The van der Waals surface area contributed by atoms with Crippen molar-refractivity contribution >= 4 is 0 Å². The summed E-state index contributed by atoms with van der Waals surface area (Å²) < 4.78 is 0. The lowest BCUT2D eigenvalue weighted by atomic mass is 10.1. The van der Waals surface area contributed by atoms with Gasteiger partial charge in [0.1, 0.15) is 11.5 Å². The van der Waals surface area contributed by atoms with Gasteiger partial charge in [0.15, 0.2) is 0 Å². The van der Waals surface area contributed by atoms with Gasteiger partial charge in [-0.1, -0.05) is 35.9 Å². The van der Waals surface area contributed by atoms with Crippen molar-refractivity contribution in [2.24, 2.45) is 0 Å². The molecular weight excluding hydrogens is 212 g/mol. The Balaban J connectivity index is 0.000000181. The Bertz CT molecular complexity index is 453. The molecule has 0 aliphatic rings.